The van der Waals surface area contributed by atoms with Crippen molar-refractivity contribution in [3.63, 3.8) is 0 Å². The van der Waals surface area contributed by atoms with Crippen LogP contribution in [0.1, 0.15) is 6.42 Å². The van der Waals surface area contributed by atoms with E-state index in [2.05, 4.69) is 15.3 Å². The molecule has 1 unspecified atom stereocenters. The highest BCUT2D eigenvalue weighted by Crippen LogP contribution is 2.23. The van der Waals surface area contributed by atoms with Crippen LogP contribution in [-0.2, 0) is 4.74 Å². The van der Waals surface area contributed by atoms with Gasteiger partial charge in [0.1, 0.15) is 6.20 Å². The third kappa shape index (κ3) is 2.16. The zero-order valence-electron chi connectivity index (χ0n) is 8.42. The molecule has 0 radical (unpaired) electrons. The number of aromatic nitrogens is 2. The van der Waals surface area contributed by atoms with E-state index in [4.69, 9.17) is 10.5 Å². The zero-order chi connectivity index (χ0) is 11.5. The number of nitrogens with two attached hydrogens (primary N) is 1. The minimum absolute atomic E-state index is 0.00650. The van der Waals surface area contributed by atoms with Crippen molar-refractivity contribution < 1.29 is 9.66 Å². The van der Waals surface area contributed by atoms with E-state index < -0.39 is 4.92 Å². The van der Waals surface area contributed by atoms with Gasteiger partial charge >= 0.3 is 5.69 Å². The molecule has 8 nitrogen and oxygen atoms in total. The van der Waals surface area contributed by atoms with Gasteiger partial charge in [0.05, 0.1) is 17.6 Å². The standard InChI is InChI=1S/C8H11N5O3/c9-8-10-3-6(13(14)15)7(12-8)11-5-1-2-16-4-5/h3,5H,1-2,4H2,(H3,9,10,11,12). The summed E-state index contributed by atoms with van der Waals surface area (Å²) < 4.78 is 5.15. The molecule has 1 fully saturated rings. The number of hydrogen-bond acceptors (Lipinski definition) is 7. The van der Waals surface area contributed by atoms with Gasteiger partial charge in [-0.15, -0.1) is 0 Å². The largest absolute Gasteiger partial charge is 0.379 e. The second kappa shape index (κ2) is 4.27. The number of nitrogen functional groups attached to an aromatic ring is 1. The van der Waals surface area contributed by atoms with E-state index in [1.54, 1.807) is 0 Å². The van der Waals surface area contributed by atoms with E-state index in [0.717, 1.165) is 12.6 Å². The molecule has 0 amide bonds. The van der Waals surface area contributed by atoms with Gasteiger partial charge in [0, 0.05) is 6.61 Å². The highest BCUT2D eigenvalue weighted by molar-refractivity contribution is 5.56. The second-order valence-electron chi connectivity index (χ2n) is 3.42. The first-order valence-corrected chi connectivity index (χ1v) is 4.78. The van der Waals surface area contributed by atoms with Crippen LogP contribution in [0.5, 0.6) is 0 Å². The average molecular weight is 225 g/mol. The fraction of sp³-hybridized carbons (Fsp3) is 0.500. The van der Waals surface area contributed by atoms with Crippen LogP contribution in [-0.4, -0.2) is 34.1 Å². The lowest BCUT2D eigenvalue weighted by molar-refractivity contribution is -0.384. The molecule has 1 saturated heterocycles. The second-order valence-corrected chi connectivity index (χ2v) is 3.42. The molecule has 0 aliphatic carbocycles. The maximum absolute atomic E-state index is 10.7. The van der Waals surface area contributed by atoms with Crippen molar-refractivity contribution in [3.05, 3.63) is 16.3 Å². The highest BCUT2D eigenvalue weighted by atomic mass is 16.6. The maximum Gasteiger partial charge on any atom is 0.329 e. The normalized spacial score (nSPS) is 19.6. The molecule has 3 N–H and O–H groups in total. The SMILES string of the molecule is Nc1ncc([N+](=O)[O-])c(NC2CCOC2)n1. The van der Waals surface area contributed by atoms with Crippen molar-refractivity contribution in [2.24, 2.45) is 0 Å². The summed E-state index contributed by atoms with van der Waals surface area (Å²) in [6, 6.07) is 0.0352. The Morgan fingerprint density at radius 3 is 3.12 bits per heavy atom. The average Bonchev–Trinajstić information content (AvgIpc) is 2.70. The molecular formula is C8H11N5O3. The predicted octanol–water partition coefficient (Wildman–Crippen LogP) is 0.168. The molecule has 2 rings (SSSR count). The lowest BCUT2D eigenvalue weighted by Crippen LogP contribution is -2.21. The van der Waals surface area contributed by atoms with Crippen LogP contribution in [0, 0.1) is 10.1 Å². The molecule has 1 aliphatic rings. The lowest BCUT2D eigenvalue weighted by atomic mass is 10.2. The Morgan fingerprint density at radius 2 is 2.50 bits per heavy atom. The molecule has 1 aliphatic heterocycles. The number of rotatable bonds is 3. The Hall–Kier alpha value is -1.96. The molecule has 0 bridgehead atoms. The van der Waals surface area contributed by atoms with Gasteiger partial charge in [-0.2, -0.15) is 4.98 Å². The van der Waals surface area contributed by atoms with Crippen molar-refractivity contribution in [2.75, 3.05) is 24.3 Å². The minimum Gasteiger partial charge on any atom is -0.379 e. The van der Waals surface area contributed by atoms with Crippen LogP contribution in [0.15, 0.2) is 6.20 Å². The Morgan fingerprint density at radius 1 is 1.69 bits per heavy atom. The first-order chi connectivity index (χ1) is 7.66. The minimum atomic E-state index is -0.544. The Bertz CT molecular complexity index is 405. The zero-order valence-corrected chi connectivity index (χ0v) is 8.42. The van der Waals surface area contributed by atoms with Crippen molar-refractivity contribution in [3.8, 4) is 0 Å². The van der Waals surface area contributed by atoms with Gasteiger partial charge in [0.25, 0.3) is 0 Å². The van der Waals surface area contributed by atoms with E-state index in [0.29, 0.717) is 13.2 Å². The Balaban J connectivity index is 2.22. The van der Waals surface area contributed by atoms with Gasteiger partial charge in [-0.3, -0.25) is 10.1 Å². The number of nitrogens with zero attached hydrogens (tertiary/aromatic N) is 3. The van der Waals surface area contributed by atoms with Gasteiger partial charge in [0.15, 0.2) is 0 Å². The van der Waals surface area contributed by atoms with Crippen molar-refractivity contribution in [1.82, 2.24) is 9.97 Å². The number of anilines is 2. The van der Waals surface area contributed by atoms with Gasteiger partial charge in [-0.25, -0.2) is 4.98 Å². The third-order valence-corrected chi connectivity index (χ3v) is 2.26. The van der Waals surface area contributed by atoms with E-state index >= 15 is 0 Å². The van der Waals surface area contributed by atoms with Crippen LogP contribution in [0.25, 0.3) is 0 Å². The Labute approximate surface area is 91.0 Å². The first kappa shape index (κ1) is 10.6. The summed E-state index contributed by atoms with van der Waals surface area (Å²) in [5, 5.41) is 13.7. The van der Waals surface area contributed by atoms with Gasteiger partial charge < -0.3 is 15.8 Å². The van der Waals surface area contributed by atoms with E-state index in [-0.39, 0.29) is 23.5 Å². The number of hydrogen-bond donors (Lipinski definition) is 2. The summed E-state index contributed by atoms with van der Waals surface area (Å²) in [6.07, 6.45) is 1.89. The topological polar surface area (TPSA) is 116 Å². The van der Waals surface area contributed by atoms with Gasteiger partial charge in [-0.05, 0) is 6.42 Å². The summed E-state index contributed by atoms with van der Waals surface area (Å²) in [6.45, 7) is 1.16. The smallest absolute Gasteiger partial charge is 0.329 e. The number of nitro groups is 1. The summed E-state index contributed by atoms with van der Waals surface area (Å²) in [5.41, 5.74) is 5.21. The van der Waals surface area contributed by atoms with Crippen LogP contribution in [0.3, 0.4) is 0 Å². The van der Waals surface area contributed by atoms with Crippen molar-refractivity contribution in [2.45, 2.75) is 12.5 Å². The van der Waals surface area contributed by atoms with Crippen LogP contribution < -0.4 is 11.1 Å². The number of nitrogens with one attached hydrogen (secondary N) is 1. The lowest BCUT2D eigenvalue weighted by Gasteiger charge is -2.10. The molecule has 16 heavy (non-hydrogen) atoms. The number of ether oxygens (including phenoxy) is 1. The highest BCUT2D eigenvalue weighted by Gasteiger charge is 2.22. The molecule has 86 valence electrons. The molecule has 2 heterocycles. The summed E-state index contributed by atoms with van der Waals surface area (Å²) in [7, 11) is 0. The van der Waals surface area contributed by atoms with Crippen molar-refractivity contribution >= 4 is 17.5 Å². The first-order valence-electron chi connectivity index (χ1n) is 4.78. The van der Waals surface area contributed by atoms with Gasteiger partial charge in [-0.1, -0.05) is 0 Å². The van der Waals surface area contributed by atoms with Gasteiger partial charge in [0.2, 0.25) is 11.8 Å². The molecule has 1 aromatic heterocycles. The fourth-order valence-electron chi connectivity index (χ4n) is 1.47. The molecule has 1 atom stereocenters. The molecule has 0 spiro atoms. The summed E-state index contributed by atoms with van der Waals surface area (Å²) in [4.78, 5) is 17.6. The maximum atomic E-state index is 10.7. The summed E-state index contributed by atoms with van der Waals surface area (Å²) in [5.74, 6) is 0.153. The molecule has 0 saturated carbocycles. The quantitative estimate of drug-likeness (QED) is 0.556. The van der Waals surface area contributed by atoms with Crippen LogP contribution in [0.2, 0.25) is 0 Å². The van der Waals surface area contributed by atoms with Crippen LogP contribution in [0.4, 0.5) is 17.5 Å². The molecular weight excluding hydrogens is 214 g/mol. The predicted molar refractivity (Wildman–Crippen MR) is 55.9 cm³/mol. The fourth-order valence-corrected chi connectivity index (χ4v) is 1.47. The molecule has 0 aromatic carbocycles. The van der Waals surface area contributed by atoms with Crippen LogP contribution >= 0.6 is 0 Å². The molecule has 1 aromatic rings. The monoisotopic (exact) mass is 225 g/mol. The Kier molecular flexibility index (Phi) is 2.82. The van der Waals surface area contributed by atoms with E-state index in [1.807, 2.05) is 0 Å². The van der Waals surface area contributed by atoms with Crippen molar-refractivity contribution in [1.29, 1.82) is 0 Å². The van der Waals surface area contributed by atoms with E-state index in [9.17, 15) is 10.1 Å². The summed E-state index contributed by atoms with van der Waals surface area (Å²) >= 11 is 0. The third-order valence-electron chi connectivity index (χ3n) is 2.26. The van der Waals surface area contributed by atoms with E-state index in [1.165, 1.54) is 0 Å². The molecule has 8 heteroatoms.